The Labute approximate surface area is 123 Å². The molecule has 0 heterocycles. The molecule has 108 valence electrons. The molecular formula is C17H17NO3. The van der Waals surface area contributed by atoms with Gasteiger partial charge < -0.3 is 10.4 Å². The highest BCUT2D eigenvalue weighted by atomic mass is 16.4. The van der Waals surface area contributed by atoms with Crippen molar-refractivity contribution >= 4 is 11.9 Å². The normalized spacial score (nSPS) is 13.2. The van der Waals surface area contributed by atoms with Crippen LogP contribution in [0.5, 0.6) is 0 Å². The fourth-order valence-corrected chi connectivity index (χ4v) is 2.09. The van der Waals surface area contributed by atoms with E-state index in [0.717, 1.165) is 5.56 Å². The predicted molar refractivity (Wildman–Crippen MR) is 80.1 cm³/mol. The Morgan fingerprint density at radius 2 is 1.52 bits per heavy atom. The van der Waals surface area contributed by atoms with Gasteiger partial charge in [0.1, 0.15) is 5.54 Å². The summed E-state index contributed by atoms with van der Waals surface area (Å²) in [5, 5.41) is 12.1. The summed E-state index contributed by atoms with van der Waals surface area (Å²) >= 11 is 0. The zero-order chi connectivity index (χ0) is 15.3. The Morgan fingerprint density at radius 3 is 2.05 bits per heavy atom. The highest BCUT2D eigenvalue weighted by Gasteiger charge is 2.35. The molecule has 4 heteroatoms. The van der Waals surface area contributed by atoms with Crippen LogP contribution in [0.3, 0.4) is 0 Å². The van der Waals surface area contributed by atoms with Crippen molar-refractivity contribution in [1.29, 1.82) is 0 Å². The number of carbonyl (C=O) groups excluding carboxylic acids is 1. The minimum Gasteiger partial charge on any atom is -0.480 e. The zero-order valence-corrected chi connectivity index (χ0v) is 11.7. The number of rotatable bonds is 5. The first-order valence-corrected chi connectivity index (χ1v) is 6.66. The van der Waals surface area contributed by atoms with Gasteiger partial charge in [0, 0.05) is 12.0 Å². The summed E-state index contributed by atoms with van der Waals surface area (Å²) in [7, 11) is 0. The second-order valence-electron chi connectivity index (χ2n) is 5.12. The molecule has 2 aromatic carbocycles. The molecule has 0 fully saturated rings. The smallest absolute Gasteiger partial charge is 0.329 e. The molecule has 0 spiro atoms. The summed E-state index contributed by atoms with van der Waals surface area (Å²) in [6, 6.07) is 17.8. The van der Waals surface area contributed by atoms with Gasteiger partial charge in [-0.2, -0.15) is 0 Å². The molecule has 0 aliphatic heterocycles. The molecule has 0 saturated heterocycles. The molecule has 0 radical (unpaired) electrons. The summed E-state index contributed by atoms with van der Waals surface area (Å²) < 4.78 is 0. The topological polar surface area (TPSA) is 66.4 Å². The van der Waals surface area contributed by atoms with Crippen molar-refractivity contribution in [3.8, 4) is 0 Å². The zero-order valence-electron chi connectivity index (χ0n) is 11.7. The largest absolute Gasteiger partial charge is 0.480 e. The van der Waals surface area contributed by atoms with E-state index in [1.807, 2.05) is 30.3 Å². The highest BCUT2D eigenvalue weighted by molar-refractivity contribution is 5.97. The molecule has 21 heavy (non-hydrogen) atoms. The average Bonchev–Trinajstić information content (AvgIpc) is 2.49. The molecule has 4 nitrogen and oxygen atoms in total. The van der Waals surface area contributed by atoms with Gasteiger partial charge in [-0.15, -0.1) is 0 Å². The third kappa shape index (κ3) is 3.69. The standard InChI is InChI=1S/C17H17NO3/c1-17(16(20)21,12-13-8-4-2-5-9-13)18-15(19)14-10-6-3-7-11-14/h2-11H,12H2,1H3,(H,18,19)(H,20,21)/t17-/m1/s1. The molecule has 2 aromatic rings. The van der Waals surface area contributed by atoms with E-state index < -0.39 is 17.4 Å². The first-order chi connectivity index (χ1) is 10.0. The van der Waals surface area contributed by atoms with Crippen LogP contribution in [-0.2, 0) is 11.2 Å². The van der Waals surface area contributed by atoms with E-state index in [1.54, 1.807) is 30.3 Å². The molecule has 0 aliphatic carbocycles. The first kappa shape index (κ1) is 14.8. The summed E-state index contributed by atoms with van der Waals surface area (Å²) in [5.74, 6) is -1.45. The van der Waals surface area contributed by atoms with Crippen molar-refractivity contribution in [3.05, 3.63) is 71.8 Å². The van der Waals surface area contributed by atoms with Gasteiger partial charge >= 0.3 is 5.97 Å². The van der Waals surface area contributed by atoms with E-state index in [2.05, 4.69) is 5.32 Å². The Bertz CT molecular complexity index is 625. The van der Waals surface area contributed by atoms with Crippen molar-refractivity contribution in [1.82, 2.24) is 5.32 Å². The van der Waals surface area contributed by atoms with E-state index >= 15 is 0 Å². The number of hydrogen-bond donors (Lipinski definition) is 2. The summed E-state index contributed by atoms with van der Waals surface area (Å²) in [6.45, 7) is 1.52. The number of amides is 1. The molecule has 0 unspecified atom stereocenters. The Kier molecular flexibility index (Phi) is 4.38. The van der Waals surface area contributed by atoms with Crippen LogP contribution in [0.25, 0.3) is 0 Å². The maximum absolute atomic E-state index is 12.2. The van der Waals surface area contributed by atoms with Gasteiger partial charge in [-0.05, 0) is 24.6 Å². The third-order valence-corrected chi connectivity index (χ3v) is 3.30. The summed E-state index contributed by atoms with van der Waals surface area (Å²) in [6.07, 6.45) is 0.224. The molecule has 2 N–H and O–H groups in total. The molecule has 0 aromatic heterocycles. The average molecular weight is 283 g/mol. The Hall–Kier alpha value is -2.62. The van der Waals surface area contributed by atoms with Gasteiger partial charge in [0.2, 0.25) is 0 Å². The number of aliphatic carboxylic acids is 1. The van der Waals surface area contributed by atoms with E-state index in [1.165, 1.54) is 6.92 Å². The van der Waals surface area contributed by atoms with Gasteiger partial charge in [-0.1, -0.05) is 48.5 Å². The second kappa shape index (κ2) is 6.22. The lowest BCUT2D eigenvalue weighted by molar-refractivity contribution is -0.143. The molecule has 0 aliphatic rings. The van der Waals surface area contributed by atoms with Crippen molar-refractivity contribution in [2.24, 2.45) is 0 Å². The minimum atomic E-state index is -1.35. The molecule has 2 rings (SSSR count). The maximum atomic E-state index is 12.2. The summed E-state index contributed by atoms with van der Waals surface area (Å²) in [4.78, 5) is 23.8. The molecule has 1 amide bonds. The van der Waals surface area contributed by atoms with Gasteiger partial charge in [-0.3, -0.25) is 4.79 Å². The molecule has 0 bridgehead atoms. The van der Waals surface area contributed by atoms with Gasteiger partial charge in [0.15, 0.2) is 0 Å². The van der Waals surface area contributed by atoms with Gasteiger partial charge in [0.05, 0.1) is 0 Å². The van der Waals surface area contributed by atoms with Crippen LogP contribution in [0.4, 0.5) is 0 Å². The van der Waals surface area contributed by atoms with Gasteiger partial charge in [0.25, 0.3) is 5.91 Å². The lowest BCUT2D eigenvalue weighted by Gasteiger charge is -2.26. The molecular weight excluding hydrogens is 266 g/mol. The maximum Gasteiger partial charge on any atom is 0.329 e. The van der Waals surface area contributed by atoms with E-state index in [-0.39, 0.29) is 6.42 Å². The number of hydrogen-bond acceptors (Lipinski definition) is 2. The highest BCUT2D eigenvalue weighted by Crippen LogP contribution is 2.15. The van der Waals surface area contributed by atoms with Crippen molar-refractivity contribution in [3.63, 3.8) is 0 Å². The van der Waals surface area contributed by atoms with Crippen molar-refractivity contribution in [2.45, 2.75) is 18.9 Å². The number of carbonyl (C=O) groups is 2. The van der Waals surface area contributed by atoms with Crippen molar-refractivity contribution < 1.29 is 14.7 Å². The number of carboxylic acid groups (broad SMARTS) is 1. The fourth-order valence-electron chi connectivity index (χ4n) is 2.09. The van der Waals surface area contributed by atoms with Crippen LogP contribution in [0, 0.1) is 0 Å². The van der Waals surface area contributed by atoms with Crippen LogP contribution in [0.1, 0.15) is 22.8 Å². The SMILES string of the molecule is C[C@](Cc1ccccc1)(NC(=O)c1ccccc1)C(=O)O. The number of carboxylic acids is 1. The van der Waals surface area contributed by atoms with Crippen LogP contribution >= 0.6 is 0 Å². The van der Waals surface area contributed by atoms with Crippen LogP contribution in [-0.4, -0.2) is 22.5 Å². The minimum absolute atomic E-state index is 0.224. The van der Waals surface area contributed by atoms with E-state index in [0.29, 0.717) is 5.56 Å². The van der Waals surface area contributed by atoms with E-state index in [4.69, 9.17) is 0 Å². The lowest BCUT2D eigenvalue weighted by Crippen LogP contribution is -2.53. The molecule has 1 atom stereocenters. The monoisotopic (exact) mass is 283 g/mol. The second-order valence-corrected chi connectivity index (χ2v) is 5.12. The summed E-state index contributed by atoms with van der Waals surface area (Å²) in [5.41, 5.74) is -0.0531. The van der Waals surface area contributed by atoms with Crippen molar-refractivity contribution in [2.75, 3.05) is 0 Å². The van der Waals surface area contributed by atoms with E-state index in [9.17, 15) is 14.7 Å². The third-order valence-electron chi connectivity index (χ3n) is 3.30. The number of nitrogens with one attached hydrogen (secondary N) is 1. The van der Waals surface area contributed by atoms with Gasteiger partial charge in [-0.25, -0.2) is 4.79 Å². The Morgan fingerprint density at radius 1 is 1.00 bits per heavy atom. The Balaban J connectivity index is 2.19. The fraction of sp³-hybridized carbons (Fsp3) is 0.176. The van der Waals surface area contributed by atoms with Crippen LogP contribution < -0.4 is 5.32 Å². The van der Waals surface area contributed by atoms with Crippen LogP contribution in [0.15, 0.2) is 60.7 Å². The molecule has 0 saturated carbocycles. The predicted octanol–water partition coefficient (Wildman–Crippen LogP) is 2.50. The lowest BCUT2D eigenvalue weighted by atomic mass is 9.92. The first-order valence-electron chi connectivity index (χ1n) is 6.66. The van der Waals surface area contributed by atoms with Crippen LogP contribution in [0.2, 0.25) is 0 Å². The quantitative estimate of drug-likeness (QED) is 0.886. The number of benzene rings is 2.